The van der Waals surface area contributed by atoms with Crippen molar-refractivity contribution in [2.75, 3.05) is 5.73 Å². The second-order valence-corrected chi connectivity index (χ2v) is 5.03. The van der Waals surface area contributed by atoms with E-state index in [2.05, 4.69) is 15.4 Å². The number of rotatable bonds is 3. The summed E-state index contributed by atoms with van der Waals surface area (Å²) < 4.78 is 0. The van der Waals surface area contributed by atoms with Gasteiger partial charge in [0.25, 0.3) is 0 Å². The van der Waals surface area contributed by atoms with Crippen molar-refractivity contribution < 1.29 is 0 Å². The topological polar surface area (TPSA) is 89.8 Å². The number of nitrogens with two attached hydrogens (primary N) is 2. The number of anilines is 1. The molecule has 0 fully saturated rings. The van der Waals surface area contributed by atoms with E-state index in [1.165, 1.54) is 12.4 Å². The number of halogens is 3. The van der Waals surface area contributed by atoms with Gasteiger partial charge in [-0.3, -0.25) is 10.8 Å². The lowest BCUT2D eigenvalue weighted by molar-refractivity contribution is 0.621. The van der Waals surface area contributed by atoms with Crippen LogP contribution in [0.25, 0.3) is 0 Å². The van der Waals surface area contributed by atoms with Gasteiger partial charge in [0.15, 0.2) is 0 Å². The molecule has 5 nitrogen and oxygen atoms in total. The molecule has 0 aromatic carbocycles. The molecule has 0 saturated carbocycles. The van der Waals surface area contributed by atoms with Gasteiger partial charge in [0.1, 0.15) is 5.82 Å². The number of pyridine rings is 2. The van der Waals surface area contributed by atoms with E-state index in [1.807, 2.05) is 0 Å². The second-order valence-electron chi connectivity index (χ2n) is 3.75. The summed E-state index contributed by atoms with van der Waals surface area (Å²) in [5, 5.41) is 1.24. The van der Waals surface area contributed by atoms with Gasteiger partial charge in [0.05, 0.1) is 26.8 Å². The van der Waals surface area contributed by atoms with Crippen LogP contribution in [0.3, 0.4) is 0 Å². The molecule has 0 spiro atoms. The number of hydrazine groups is 1. The van der Waals surface area contributed by atoms with Crippen LogP contribution in [-0.4, -0.2) is 9.97 Å². The highest BCUT2D eigenvalue weighted by Crippen LogP contribution is 2.31. The van der Waals surface area contributed by atoms with Gasteiger partial charge in [-0.15, -0.1) is 0 Å². The van der Waals surface area contributed by atoms with Crippen molar-refractivity contribution in [2.24, 2.45) is 5.84 Å². The molecule has 8 heteroatoms. The summed E-state index contributed by atoms with van der Waals surface area (Å²) in [4.78, 5) is 8.14. The highest BCUT2D eigenvalue weighted by molar-refractivity contribution is 6.34. The highest BCUT2D eigenvalue weighted by atomic mass is 35.5. The predicted molar refractivity (Wildman–Crippen MR) is 77.1 cm³/mol. The summed E-state index contributed by atoms with van der Waals surface area (Å²) >= 11 is 17.8. The molecule has 0 radical (unpaired) electrons. The lowest BCUT2D eigenvalue weighted by Gasteiger charge is -2.18. The van der Waals surface area contributed by atoms with Crippen LogP contribution < -0.4 is 17.0 Å². The van der Waals surface area contributed by atoms with Gasteiger partial charge in [-0.05, 0) is 12.1 Å². The maximum Gasteiger partial charge on any atom is 0.128 e. The lowest BCUT2D eigenvalue weighted by Crippen LogP contribution is -2.30. The van der Waals surface area contributed by atoms with Crippen molar-refractivity contribution in [3.05, 3.63) is 50.9 Å². The molecule has 0 aliphatic rings. The van der Waals surface area contributed by atoms with Gasteiger partial charge in [-0.1, -0.05) is 34.8 Å². The maximum absolute atomic E-state index is 6.11. The van der Waals surface area contributed by atoms with E-state index < -0.39 is 6.04 Å². The fourth-order valence-corrected chi connectivity index (χ4v) is 2.31. The van der Waals surface area contributed by atoms with Crippen LogP contribution in [0.5, 0.6) is 0 Å². The van der Waals surface area contributed by atoms with Crippen molar-refractivity contribution in [2.45, 2.75) is 6.04 Å². The fraction of sp³-hybridized carbons (Fsp3) is 0.0909. The molecule has 19 heavy (non-hydrogen) atoms. The molecule has 2 aromatic heterocycles. The van der Waals surface area contributed by atoms with E-state index in [0.717, 1.165) is 0 Å². The smallest absolute Gasteiger partial charge is 0.128 e. The van der Waals surface area contributed by atoms with Gasteiger partial charge < -0.3 is 5.73 Å². The summed E-state index contributed by atoms with van der Waals surface area (Å²) in [6, 6.07) is 2.70. The normalized spacial score (nSPS) is 12.4. The largest absolute Gasteiger partial charge is 0.383 e. The van der Waals surface area contributed by atoms with Gasteiger partial charge in [-0.2, -0.15) is 0 Å². The Morgan fingerprint density at radius 3 is 2.32 bits per heavy atom. The first-order chi connectivity index (χ1) is 9.02. The molecule has 0 saturated heterocycles. The molecule has 0 aliphatic heterocycles. The van der Waals surface area contributed by atoms with Crippen molar-refractivity contribution in [1.29, 1.82) is 0 Å². The molecule has 1 unspecified atom stereocenters. The average Bonchev–Trinajstić information content (AvgIpc) is 2.36. The number of hydrogen-bond donors (Lipinski definition) is 3. The molecular weight excluding hydrogens is 309 g/mol. The average molecular weight is 319 g/mol. The Bertz CT molecular complexity index is 605. The molecule has 2 aromatic rings. The molecule has 0 amide bonds. The first-order valence-electron chi connectivity index (χ1n) is 5.21. The summed E-state index contributed by atoms with van der Waals surface area (Å²) in [5.74, 6) is 5.85. The van der Waals surface area contributed by atoms with E-state index in [-0.39, 0.29) is 0 Å². The number of aromatic nitrogens is 2. The number of nitrogen functional groups attached to an aromatic ring is 1. The zero-order valence-corrected chi connectivity index (χ0v) is 11.8. The molecule has 100 valence electrons. The summed E-state index contributed by atoms with van der Waals surface area (Å²) in [6.45, 7) is 0. The Kier molecular flexibility index (Phi) is 4.44. The molecule has 0 aliphatic carbocycles. The Labute approximate surface area is 124 Å². The first kappa shape index (κ1) is 14.3. The monoisotopic (exact) mass is 317 g/mol. The van der Waals surface area contributed by atoms with Crippen molar-refractivity contribution in [1.82, 2.24) is 15.4 Å². The molecule has 1 atom stereocenters. The minimum atomic E-state index is -0.532. The Hall–Kier alpha value is -1.11. The molecular formula is C11H10Cl3N5. The SMILES string of the molecule is NNC(c1cc(Cl)cnc1N)c1ncc(Cl)cc1Cl. The Morgan fingerprint density at radius 1 is 1.05 bits per heavy atom. The molecule has 2 rings (SSSR count). The number of nitrogens with zero attached hydrogens (tertiary/aromatic N) is 2. The minimum absolute atomic E-state index is 0.292. The van der Waals surface area contributed by atoms with Gasteiger partial charge in [-0.25, -0.2) is 10.4 Å². The quantitative estimate of drug-likeness (QED) is 0.598. The minimum Gasteiger partial charge on any atom is -0.383 e. The van der Waals surface area contributed by atoms with Crippen LogP contribution >= 0.6 is 34.8 Å². The maximum atomic E-state index is 6.11. The van der Waals surface area contributed by atoms with Gasteiger partial charge in [0.2, 0.25) is 0 Å². The zero-order valence-electron chi connectivity index (χ0n) is 9.57. The van der Waals surface area contributed by atoms with Gasteiger partial charge in [0, 0.05) is 18.0 Å². The summed E-state index contributed by atoms with van der Waals surface area (Å²) in [7, 11) is 0. The fourth-order valence-electron chi connectivity index (χ4n) is 1.65. The van der Waals surface area contributed by atoms with Gasteiger partial charge >= 0.3 is 0 Å². The summed E-state index contributed by atoms with van der Waals surface area (Å²) in [5.41, 5.74) is 9.49. The van der Waals surface area contributed by atoms with E-state index in [4.69, 9.17) is 46.4 Å². The Morgan fingerprint density at radius 2 is 1.68 bits per heavy atom. The zero-order chi connectivity index (χ0) is 14.0. The molecule has 2 heterocycles. The Balaban J connectivity index is 2.52. The second kappa shape index (κ2) is 5.90. The van der Waals surface area contributed by atoms with E-state index >= 15 is 0 Å². The number of hydrogen-bond acceptors (Lipinski definition) is 5. The lowest BCUT2D eigenvalue weighted by atomic mass is 10.0. The van der Waals surface area contributed by atoms with Crippen LogP contribution in [0.2, 0.25) is 15.1 Å². The predicted octanol–water partition coefficient (Wildman–Crippen LogP) is 2.57. The van der Waals surface area contributed by atoms with Crippen LogP contribution in [0, 0.1) is 0 Å². The molecule has 5 N–H and O–H groups in total. The summed E-state index contributed by atoms with van der Waals surface area (Å²) in [6.07, 6.45) is 2.92. The number of nitrogens with one attached hydrogen (secondary N) is 1. The molecule has 0 bridgehead atoms. The third-order valence-corrected chi connectivity index (χ3v) is 3.22. The van der Waals surface area contributed by atoms with Crippen molar-refractivity contribution >= 4 is 40.6 Å². The highest BCUT2D eigenvalue weighted by Gasteiger charge is 2.20. The van der Waals surface area contributed by atoms with Crippen LogP contribution in [0.15, 0.2) is 24.5 Å². The van der Waals surface area contributed by atoms with E-state index in [9.17, 15) is 0 Å². The first-order valence-corrected chi connectivity index (χ1v) is 6.34. The third kappa shape index (κ3) is 3.08. The van der Waals surface area contributed by atoms with Crippen LogP contribution in [-0.2, 0) is 0 Å². The van der Waals surface area contributed by atoms with Crippen molar-refractivity contribution in [3.63, 3.8) is 0 Å². The van der Waals surface area contributed by atoms with Crippen LogP contribution in [0.1, 0.15) is 17.3 Å². The standard InChI is InChI=1S/C11H10Cl3N5/c12-5-1-7(11(15)18-4-5)9(19-16)10-8(14)2-6(13)3-17-10/h1-4,9,19H,16H2,(H2,15,18). The van der Waals surface area contributed by atoms with E-state index in [1.54, 1.807) is 12.1 Å². The van der Waals surface area contributed by atoms with E-state index in [0.29, 0.717) is 32.1 Å². The van der Waals surface area contributed by atoms with Crippen LogP contribution in [0.4, 0.5) is 5.82 Å². The third-order valence-electron chi connectivity index (χ3n) is 2.50. The van der Waals surface area contributed by atoms with Crippen molar-refractivity contribution in [3.8, 4) is 0 Å².